The number of nitrogens with zero attached hydrogens (tertiary/aromatic N) is 1. The lowest BCUT2D eigenvalue weighted by Crippen LogP contribution is -2.29. The maximum absolute atomic E-state index is 13.9. The average Bonchev–Trinajstić information content (AvgIpc) is 3.19. The van der Waals surface area contributed by atoms with Crippen molar-refractivity contribution in [3.8, 4) is 23.0 Å². The molecule has 0 spiro atoms. The van der Waals surface area contributed by atoms with Crippen molar-refractivity contribution in [2.45, 2.75) is 26.4 Å². The van der Waals surface area contributed by atoms with Gasteiger partial charge in [-0.2, -0.15) is 0 Å². The summed E-state index contributed by atoms with van der Waals surface area (Å²) in [6.45, 7) is 5.45. The van der Waals surface area contributed by atoms with Crippen LogP contribution in [0.3, 0.4) is 0 Å². The summed E-state index contributed by atoms with van der Waals surface area (Å²) >= 11 is 0. The van der Waals surface area contributed by atoms with Crippen molar-refractivity contribution >= 4 is 17.4 Å². The molecule has 9 heteroatoms. The normalized spacial score (nSPS) is 17.9. The zero-order chi connectivity index (χ0) is 26.6. The predicted molar refractivity (Wildman–Crippen MR) is 134 cm³/mol. The van der Waals surface area contributed by atoms with E-state index in [1.54, 1.807) is 48.8 Å². The molecule has 1 N–H and O–H groups in total. The van der Waals surface area contributed by atoms with Crippen LogP contribution in [0.5, 0.6) is 23.0 Å². The van der Waals surface area contributed by atoms with Crippen molar-refractivity contribution in [1.29, 1.82) is 0 Å². The lowest BCUT2D eigenvalue weighted by molar-refractivity contribution is -0.378. The molecule has 1 fully saturated rings. The molecule has 0 radical (unpaired) electrons. The number of Topliss-reactive ketones (excluding diaryl/α,β-unsaturated/α-hetero) is 1. The molecule has 2 aromatic carbocycles. The van der Waals surface area contributed by atoms with Gasteiger partial charge in [0.2, 0.25) is 5.78 Å². The lowest BCUT2D eigenvalue weighted by atomic mass is 9.94. The molecular weight excluding hydrogens is 488 g/mol. The van der Waals surface area contributed by atoms with Gasteiger partial charge in [-0.15, -0.1) is 0 Å². The van der Waals surface area contributed by atoms with Crippen molar-refractivity contribution in [3.05, 3.63) is 83.2 Å². The Hall–Kier alpha value is -4.53. The molecule has 38 heavy (non-hydrogen) atoms. The standard InChI is InChI=1S/C29H28N2O7/c1-3-35-21-9-7-19(14-23(21)36-4-2)26-25(27(32)20-8-10-22-24(15-20)38-13-12-37-22)28(33)29(34)31(26)17-18-6-5-11-30-16-18/h5-11,14-16,26,32H,3-4,12-13,17H2,1-2H3. The number of carbonyl (C=O) groups is 2. The summed E-state index contributed by atoms with van der Waals surface area (Å²) in [6, 6.07) is 12.7. The number of pyridine rings is 1. The Morgan fingerprint density at radius 1 is 1.00 bits per heavy atom. The number of rotatable bonds is 8. The fraction of sp³-hybridized carbons (Fsp3) is 0.276. The van der Waals surface area contributed by atoms with Crippen LogP contribution in [-0.4, -0.2) is 43.0 Å². The Bertz CT molecular complexity index is 1390. The number of aromatic amines is 1. The molecule has 3 heterocycles. The van der Waals surface area contributed by atoms with Gasteiger partial charge in [0.1, 0.15) is 13.2 Å². The van der Waals surface area contributed by atoms with Crippen molar-refractivity contribution < 1.29 is 38.6 Å². The number of ketones is 1. The quantitative estimate of drug-likeness (QED) is 0.257. The highest BCUT2D eigenvalue weighted by Crippen LogP contribution is 2.43. The number of H-pyrrole nitrogens is 1. The van der Waals surface area contributed by atoms with E-state index >= 15 is 0 Å². The molecule has 1 unspecified atom stereocenters. The molecule has 5 rings (SSSR count). The molecule has 0 aliphatic carbocycles. The zero-order valence-electron chi connectivity index (χ0n) is 21.2. The number of hydrogen-bond acceptors (Lipinski definition) is 7. The molecule has 1 amide bonds. The van der Waals surface area contributed by atoms with Gasteiger partial charge in [0, 0.05) is 17.2 Å². The summed E-state index contributed by atoms with van der Waals surface area (Å²) in [5.41, 5.74) is 1.46. The summed E-state index contributed by atoms with van der Waals surface area (Å²) in [6.07, 6.45) is 3.50. The van der Waals surface area contributed by atoms with Crippen LogP contribution in [-0.2, 0) is 16.1 Å². The first kappa shape index (κ1) is 25.1. The molecule has 0 saturated carbocycles. The topological polar surface area (TPSA) is 111 Å². The summed E-state index contributed by atoms with van der Waals surface area (Å²) in [7, 11) is 0. The van der Waals surface area contributed by atoms with Gasteiger partial charge in [-0.3, -0.25) is 9.59 Å². The van der Waals surface area contributed by atoms with Crippen molar-refractivity contribution in [1.82, 2.24) is 4.90 Å². The number of hydrogen-bond donors (Lipinski definition) is 0. The van der Waals surface area contributed by atoms with Gasteiger partial charge in [-0.25, -0.2) is 4.98 Å². The second kappa shape index (κ2) is 10.8. The van der Waals surface area contributed by atoms with E-state index in [1.165, 1.54) is 4.90 Å². The Kier molecular flexibility index (Phi) is 7.17. The third-order valence-corrected chi connectivity index (χ3v) is 6.34. The molecule has 1 aromatic heterocycles. The van der Waals surface area contributed by atoms with E-state index in [4.69, 9.17) is 18.9 Å². The second-order valence-corrected chi connectivity index (χ2v) is 8.75. The number of carbonyl (C=O) groups excluding carboxylic acids is 2. The third kappa shape index (κ3) is 4.74. The van der Waals surface area contributed by atoms with E-state index in [1.807, 2.05) is 26.0 Å². The van der Waals surface area contributed by atoms with Crippen LogP contribution >= 0.6 is 0 Å². The van der Waals surface area contributed by atoms with Gasteiger partial charge in [0.25, 0.3) is 5.91 Å². The zero-order valence-corrected chi connectivity index (χ0v) is 21.2. The molecular formula is C29H28N2O7. The summed E-state index contributed by atoms with van der Waals surface area (Å²) in [4.78, 5) is 31.2. The van der Waals surface area contributed by atoms with E-state index in [0.29, 0.717) is 55.0 Å². The first-order valence-corrected chi connectivity index (χ1v) is 12.5. The second-order valence-electron chi connectivity index (χ2n) is 8.75. The monoisotopic (exact) mass is 516 g/mol. The first-order valence-electron chi connectivity index (χ1n) is 12.5. The van der Waals surface area contributed by atoms with Crippen LogP contribution in [0.1, 0.15) is 36.6 Å². The number of likely N-dealkylation sites (tertiary alicyclic amines) is 1. The van der Waals surface area contributed by atoms with Gasteiger partial charge >= 0.3 is 0 Å². The van der Waals surface area contributed by atoms with Gasteiger partial charge in [-0.05, 0) is 55.3 Å². The van der Waals surface area contributed by atoms with E-state index in [0.717, 1.165) is 5.56 Å². The van der Waals surface area contributed by atoms with Crippen LogP contribution in [0.4, 0.5) is 0 Å². The minimum absolute atomic E-state index is 0.127. The van der Waals surface area contributed by atoms with Gasteiger partial charge in [-0.1, -0.05) is 17.9 Å². The SMILES string of the molecule is CCOc1ccc(C2C(=C([O-])c3ccc4c(c3)OCCO4)C(=O)C(=O)N2Cc2ccc[nH+]c2)cc1OCC. The maximum Gasteiger partial charge on any atom is 0.295 e. The summed E-state index contributed by atoms with van der Waals surface area (Å²) < 4.78 is 22.7. The molecule has 2 aliphatic heterocycles. The number of amides is 1. The molecule has 1 saturated heterocycles. The fourth-order valence-electron chi connectivity index (χ4n) is 4.68. The number of nitrogens with one attached hydrogen (secondary N) is 1. The van der Waals surface area contributed by atoms with Crippen molar-refractivity contribution in [2.24, 2.45) is 0 Å². The van der Waals surface area contributed by atoms with Gasteiger partial charge in [0.15, 0.2) is 35.4 Å². The smallest absolute Gasteiger partial charge is 0.295 e. The van der Waals surface area contributed by atoms with E-state index in [2.05, 4.69) is 4.98 Å². The minimum Gasteiger partial charge on any atom is -0.872 e. The first-order chi connectivity index (χ1) is 18.5. The predicted octanol–water partition coefficient (Wildman–Crippen LogP) is 2.49. The van der Waals surface area contributed by atoms with E-state index in [9.17, 15) is 14.7 Å². The molecule has 1 atom stereocenters. The Labute approximate surface area is 220 Å². The summed E-state index contributed by atoms with van der Waals surface area (Å²) in [5, 5.41) is 13.9. The van der Waals surface area contributed by atoms with Crippen molar-refractivity contribution in [2.75, 3.05) is 26.4 Å². The number of fused-ring (bicyclic) bond motifs is 1. The van der Waals surface area contributed by atoms with Crippen molar-refractivity contribution in [3.63, 3.8) is 0 Å². The van der Waals surface area contributed by atoms with Crippen LogP contribution in [0.25, 0.3) is 5.76 Å². The lowest BCUT2D eigenvalue weighted by Gasteiger charge is -2.28. The highest BCUT2D eigenvalue weighted by Gasteiger charge is 2.44. The third-order valence-electron chi connectivity index (χ3n) is 6.34. The van der Waals surface area contributed by atoms with Crippen LogP contribution in [0.15, 0.2) is 66.5 Å². The number of ether oxygens (including phenoxy) is 4. The molecule has 3 aromatic rings. The van der Waals surface area contributed by atoms with Crippen LogP contribution in [0, 0.1) is 0 Å². The maximum atomic E-state index is 13.9. The Balaban J connectivity index is 1.65. The van der Waals surface area contributed by atoms with Gasteiger partial charge < -0.3 is 29.0 Å². The summed E-state index contributed by atoms with van der Waals surface area (Å²) in [5.74, 6) is -0.159. The Morgan fingerprint density at radius 2 is 1.76 bits per heavy atom. The average molecular weight is 517 g/mol. The van der Waals surface area contributed by atoms with Gasteiger partial charge in [0.05, 0.1) is 25.8 Å². The molecule has 2 aliphatic rings. The minimum atomic E-state index is -0.925. The molecule has 0 bridgehead atoms. The number of benzene rings is 2. The van der Waals surface area contributed by atoms with Crippen LogP contribution in [0.2, 0.25) is 0 Å². The van der Waals surface area contributed by atoms with Crippen LogP contribution < -0.4 is 29.0 Å². The highest BCUT2D eigenvalue weighted by molar-refractivity contribution is 6.46. The highest BCUT2D eigenvalue weighted by atomic mass is 16.6. The largest absolute Gasteiger partial charge is 0.872 e. The van der Waals surface area contributed by atoms with E-state index in [-0.39, 0.29) is 17.7 Å². The van der Waals surface area contributed by atoms with E-state index < -0.39 is 23.5 Å². The molecule has 9 nitrogen and oxygen atoms in total. The molecule has 196 valence electrons. The number of aromatic nitrogens is 1. The fourth-order valence-corrected chi connectivity index (χ4v) is 4.68. The Morgan fingerprint density at radius 3 is 2.50 bits per heavy atom.